The Labute approximate surface area is 113 Å². The molecule has 1 N–H and O–H groups in total. The maximum atomic E-state index is 12.1. The number of hydrogen-bond acceptors (Lipinski definition) is 2. The Morgan fingerprint density at radius 1 is 1.32 bits per heavy atom. The zero-order valence-corrected chi connectivity index (χ0v) is 11.5. The monoisotopic (exact) mass is 261 g/mol. The molecule has 19 heavy (non-hydrogen) atoms. The number of benzene rings is 1. The zero-order valence-electron chi connectivity index (χ0n) is 11.5. The number of carboxylic acid groups (broad SMARTS) is 1. The summed E-state index contributed by atoms with van der Waals surface area (Å²) in [5, 5.41) is 8.82. The van der Waals surface area contributed by atoms with Gasteiger partial charge in [-0.3, -0.25) is 4.79 Å². The summed E-state index contributed by atoms with van der Waals surface area (Å²) in [7, 11) is 1.79. The summed E-state index contributed by atoms with van der Waals surface area (Å²) in [5.74, 6) is -0.626. The van der Waals surface area contributed by atoms with E-state index in [-0.39, 0.29) is 22.8 Å². The Kier molecular flexibility index (Phi) is 3.35. The topological polar surface area (TPSA) is 57.6 Å². The molecule has 4 nitrogen and oxygen atoms in total. The van der Waals surface area contributed by atoms with Gasteiger partial charge in [0, 0.05) is 19.5 Å². The minimum atomic E-state index is -0.935. The molecule has 1 saturated carbocycles. The highest BCUT2D eigenvalue weighted by Gasteiger charge is 2.51. The van der Waals surface area contributed by atoms with Gasteiger partial charge < -0.3 is 10.0 Å². The molecule has 0 bridgehead atoms. The first kappa shape index (κ1) is 13.6. The maximum Gasteiger partial charge on any atom is 0.335 e. The van der Waals surface area contributed by atoms with Crippen LogP contribution in [0.2, 0.25) is 0 Å². The van der Waals surface area contributed by atoms with E-state index in [1.54, 1.807) is 36.2 Å². The van der Waals surface area contributed by atoms with Gasteiger partial charge in [-0.15, -0.1) is 0 Å². The third-order valence-electron chi connectivity index (χ3n) is 3.81. The van der Waals surface area contributed by atoms with Crippen LogP contribution in [0.4, 0.5) is 0 Å². The second kappa shape index (κ2) is 4.68. The van der Waals surface area contributed by atoms with Crippen molar-refractivity contribution in [3.05, 3.63) is 35.4 Å². The number of nitrogens with zero attached hydrogens (tertiary/aromatic N) is 1. The van der Waals surface area contributed by atoms with Crippen molar-refractivity contribution in [2.24, 2.45) is 11.3 Å². The Morgan fingerprint density at radius 2 is 1.84 bits per heavy atom. The van der Waals surface area contributed by atoms with E-state index in [9.17, 15) is 9.59 Å². The van der Waals surface area contributed by atoms with Crippen molar-refractivity contribution in [2.45, 2.75) is 26.8 Å². The van der Waals surface area contributed by atoms with Crippen LogP contribution in [-0.4, -0.2) is 28.9 Å². The second-order valence-corrected chi connectivity index (χ2v) is 5.94. The molecule has 1 aliphatic carbocycles. The highest BCUT2D eigenvalue weighted by atomic mass is 16.4. The summed E-state index contributed by atoms with van der Waals surface area (Å²) in [6, 6.07) is 6.64. The molecule has 0 saturated heterocycles. The quantitative estimate of drug-likeness (QED) is 0.905. The van der Waals surface area contributed by atoms with Crippen molar-refractivity contribution in [2.75, 3.05) is 7.05 Å². The first-order valence-corrected chi connectivity index (χ1v) is 6.38. The summed E-state index contributed by atoms with van der Waals surface area (Å²) in [4.78, 5) is 24.6. The number of carboxylic acids is 1. The molecule has 1 aromatic carbocycles. The summed E-state index contributed by atoms with van der Waals surface area (Å²) < 4.78 is 0. The molecule has 1 aliphatic rings. The van der Waals surface area contributed by atoms with Crippen molar-refractivity contribution in [3.63, 3.8) is 0 Å². The molecular weight excluding hydrogens is 242 g/mol. The van der Waals surface area contributed by atoms with Crippen molar-refractivity contribution in [1.29, 1.82) is 0 Å². The van der Waals surface area contributed by atoms with E-state index in [0.717, 1.165) is 12.0 Å². The molecule has 0 radical (unpaired) electrons. The lowest BCUT2D eigenvalue weighted by Gasteiger charge is -2.18. The van der Waals surface area contributed by atoms with Gasteiger partial charge in [-0.1, -0.05) is 26.0 Å². The third kappa shape index (κ3) is 2.95. The molecule has 1 amide bonds. The Bertz CT molecular complexity index is 505. The van der Waals surface area contributed by atoms with Crippen molar-refractivity contribution in [1.82, 2.24) is 4.90 Å². The van der Waals surface area contributed by atoms with Crippen LogP contribution in [-0.2, 0) is 11.3 Å². The van der Waals surface area contributed by atoms with E-state index in [1.165, 1.54) is 0 Å². The molecule has 102 valence electrons. The second-order valence-electron chi connectivity index (χ2n) is 5.94. The molecule has 0 aliphatic heterocycles. The summed E-state index contributed by atoms with van der Waals surface area (Å²) in [6.07, 6.45) is 0.953. The van der Waals surface area contributed by atoms with Crippen LogP contribution in [0.25, 0.3) is 0 Å². The fourth-order valence-electron chi connectivity index (χ4n) is 2.26. The lowest BCUT2D eigenvalue weighted by atomic mass is 10.1. The van der Waals surface area contributed by atoms with Crippen LogP contribution in [0.15, 0.2) is 24.3 Å². The molecule has 1 unspecified atom stereocenters. The number of hydrogen-bond donors (Lipinski definition) is 1. The van der Waals surface area contributed by atoms with Crippen molar-refractivity contribution >= 4 is 11.9 Å². The molecule has 0 aromatic heterocycles. The molecule has 0 spiro atoms. The van der Waals surface area contributed by atoms with Gasteiger partial charge in [0.15, 0.2) is 0 Å². The van der Waals surface area contributed by atoms with E-state index in [2.05, 4.69) is 13.8 Å². The van der Waals surface area contributed by atoms with Gasteiger partial charge in [-0.05, 0) is 29.5 Å². The molecule has 2 rings (SSSR count). The lowest BCUT2D eigenvalue weighted by molar-refractivity contribution is -0.132. The molecule has 0 heterocycles. The molecule has 4 heteroatoms. The molecule has 1 fully saturated rings. The Hall–Kier alpha value is -1.84. The minimum absolute atomic E-state index is 0.135. The van der Waals surface area contributed by atoms with E-state index < -0.39 is 5.97 Å². The van der Waals surface area contributed by atoms with Crippen molar-refractivity contribution < 1.29 is 14.7 Å². The number of carbonyl (C=O) groups is 2. The molecular formula is C15H19NO3. The fourth-order valence-corrected chi connectivity index (χ4v) is 2.26. The van der Waals surface area contributed by atoms with Crippen LogP contribution in [0, 0.1) is 11.3 Å². The highest BCUT2D eigenvalue weighted by Crippen LogP contribution is 2.52. The minimum Gasteiger partial charge on any atom is -0.478 e. The highest BCUT2D eigenvalue weighted by molar-refractivity contribution is 5.87. The first-order valence-electron chi connectivity index (χ1n) is 6.38. The summed E-state index contributed by atoms with van der Waals surface area (Å²) >= 11 is 0. The van der Waals surface area contributed by atoms with Crippen LogP contribution >= 0.6 is 0 Å². The number of rotatable bonds is 4. The van der Waals surface area contributed by atoms with Crippen LogP contribution < -0.4 is 0 Å². The Balaban J connectivity index is 1.97. The summed E-state index contributed by atoms with van der Waals surface area (Å²) in [6.45, 7) is 4.72. The predicted molar refractivity (Wildman–Crippen MR) is 71.8 cm³/mol. The van der Waals surface area contributed by atoms with Gasteiger partial charge in [0.2, 0.25) is 5.91 Å². The summed E-state index contributed by atoms with van der Waals surface area (Å²) in [5.41, 5.74) is 1.35. The van der Waals surface area contributed by atoms with E-state index in [0.29, 0.717) is 6.54 Å². The van der Waals surface area contributed by atoms with Gasteiger partial charge in [0.1, 0.15) is 0 Å². The lowest BCUT2D eigenvalue weighted by Crippen LogP contribution is -2.28. The van der Waals surface area contributed by atoms with Gasteiger partial charge >= 0.3 is 5.97 Å². The molecule has 1 aromatic rings. The normalized spacial score (nSPS) is 19.8. The van der Waals surface area contributed by atoms with Crippen LogP contribution in [0.5, 0.6) is 0 Å². The number of aromatic carboxylic acids is 1. The predicted octanol–water partition coefficient (Wildman–Crippen LogP) is 2.39. The standard InChI is InChI=1S/C15H19NO3/c1-15(2)8-12(15)13(17)16(3)9-10-4-6-11(7-5-10)14(18)19/h4-7,12H,8-9H2,1-3H3,(H,18,19). The Morgan fingerprint density at radius 3 is 2.26 bits per heavy atom. The average molecular weight is 261 g/mol. The van der Waals surface area contributed by atoms with Gasteiger partial charge in [-0.2, -0.15) is 0 Å². The van der Waals surface area contributed by atoms with Gasteiger partial charge in [0.05, 0.1) is 5.56 Å². The SMILES string of the molecule is CN(Cc1ccc(C(=O)O)cc1)C(=O)C1CC1(C)C. The van der Waals surface area contributed by atoms with Gasteiger partial charge in [-0.25, -0.2) is 4.79 Å². The smallest absolute Gasteiger partial charge is 0.335 e. The van der Waals surface area contributed by atoms with Crippen molar-refractivity contribution in [3.8, 4) is 0 Å². The van der Waals surface area contributed by atoms with Crippen LogP contribution in [0.3, 0.4) is 0 Å². The maximum absolute atomic E-state index is 12.1. The first-order chi connectivity index (χ1) is 8.81. The van der Waals surface area contributed by atoms with E-state index >= 15 is 0 Å². The van der Waals surface area contributed by atoms with Crippen LogP contribution in [0.1, 0.15) is 36.2 Å². The van der Waals surface area contributed by atoms with E-state index in [4.69, 9.17) is 5.11 Å². The molecule has 1 atom stereocenters. The zero-order chi connectivity index (χ0) is 14.2. The number of amides is 1. The fraction of sp³-hybridized carbons (Fsp3) is 0.467. The third-order valence-corrected chi connectivity index (χ3v) is 3.81. The number of carbonyl (C=O) groups excluding carboxylic acids is 1. The largest absolute Gasteiger partial charge is 0.478 e. The van der Waals surface area contributed by atoms with E-state index in [1.807, 2.05) is 0 Å². The average Bonchev–Trinajstić information content (AvgIpc) is 2.98. The van der Waals surface area contributed by atoms with Gasteiger partial charge in [0.25, 0.3) is 0 Å².